The highest BCUT2D eigenvalue weighted by Gasteiger charge is 2.25. The van der Waals surface area contributed by atoms with Crippen molar-refractivity contribution in [3.63, 3.8) is 0 Å². The Labute approximate surface area is 128 Å². The fourth-order valence-corrected chi connectivity index (χ4v) is 2.86. The maximum atomic E-state index is 12.7. The quantitative estimate of drug-likeness (QED) is 0.815. The molecule has 22 heavy (non-hydrogen) atoms. The van der Waals surface area contributed by atoms with E-state index in [1.165, 1.54) is 10.9 Å². The van der Waals surface area contributed by atoms with Gasteiger partial charge in [0, 0.05) is 19.2 Å². The third kappa shape index (κ3) is 2.43. The van der Waals surface area contributed by atoms with Gasteiger partial charge in [0.1, 0.15) is 0 Å². The Kier molecular flexibility index (Phi) is 3.79. The highest BCUT2D eigenvalue weighted by Crippen LogP contribution is 2.19. The average Bonchev–Trinajstić information content (AvgIpc) is 2.98. The number of aromatic nitrogens is 2. The van der Waals surface area contributed by atoms with Gasteiger partial charge in [-0.2, -0.15) is 0 Å². The van der Waals surface area contributed by atoms with Crippen molar-refractivity contribution in [2.75, 3.05) is 6.54 Å². The molecule has 2 aromatic rings. The first-order valence-corrected chi connectivity index (χ1v) is 7.55. The lowest BCUT2D eigenvalue weighted by atomic mass is 10.1. The van der Waals surface area contributed by atoms with Gasteiger partial charge in [-0.1, -0.05) is 25.5 Å². The monoisotopic (exact) mass is 297 g/mol. The summed E-state index contributed by atoms with van der Waals surface area (Å²) in [6, 6.07) is 5.29. The predicted molar refractivity (Wildman–Crippen MR) is 85.9 cm³/mol. The first-order valence-electron chi connectivity index (χ1n) is 7.55. The van der Waals surface area contributed by atoms with Crippen molar-refractivity contribution >= 4 is 16.8 Å². The van der Waals surface area contributed by atoms with E-state index in [9.17, 15) is 9.59 Å². The Morgan fingerprint density at radius 1 is 1.41 bits per heavy atom. The van der Waals surface area contributed by atoms with Crippen LogP contribution in [0.2, 0.25) is 0 Å². The van der Waals surface area contributed by atoms with Crippen LogP contribution in [-0.4, -0.2) is 32.9 Å². The summed E-state index contributed by atoms with van der Waals surface area (Å²) in [5.41, 5.74) is 1.04. The van der Waals surface area contributed by atoms with Gasteiger partial charge in [-0.3, -0.25) is 9.59 Å². The van der Waals surface area contributed by atoms with E-state index in [0.29, 0.717) is 23.0 Å². The van der Waals surface area contributed by atoms with Gasteiger partial charge in [0.15, 0.2) is 0 Å². The van der Waals surface area contributed by atoms with Crippen molar-refractivity contribution < 1.29 is 4.79 Å². The number of aryl methyl sites for hydroxylation is 1. The molecule has 0 bridgehead atoms. The first kappa shape index (κ1) is 14.5. The molecule has 1 aromatic carbocycles. The summed E-state index contributed by atoms with van der Waals surface area (Å²) in [4.78, 5) is 30.8. The molecule has 2 heterocycles. The third-order valence-corrected chi connectivity index (χ3v) is 4.07. The number of rotatable bonds is 3. The highest BCUT2D eigenvalue weighted by molar-refractivity contribution is 5.98. The van der Waals surface area contributed by atoms with Crippen molar-refractivity contribution in [3.8, 4) is 0 Å². The average molecular weight is 297 g/mol. The molecule has 0 N–H and O–H groups in total. The van der Waals surface area contributed by atoms with E-state index in [0.717, 1.165) is 12.8 Å². The topological polar surface area (TPSA) is 55.2 Å². The van der Waals surface area contributed by atoms with E-state index in [4.69, 9.17) is 0 Å². The summed E-state index contributed by atoms with van der Waals surface area (Å²) in [6.45, 7) is 2.76. The van der Waals surface area contributed by atoms with Crippen LogP contribution in [0.5, 0.6) is 0 Å². The van der Waals surface area contributed by atoms with Crippen LogP contribution in [0.3, 0.4) is 0 Å². The summed E-state index contributed by atoms with van der Waals surface area (Å²) in [7, 11) is 1.67. The van der Waals surface area contributed by atoms with Gasteiger partial charge in [0.05, 0.1) is 23.3 Å². The van der Waals surface area contributed by atoms with E-state index >= 15 is 0 Å². The molecule has 0 saturated heterocycles. The summed E-state index contributed by atoms with van der Waals surface area (Å²) in [6.07, 6.45) is 7.61. The number of fused-ring (bicyclic) bond motifs is 1. The largest absolute Gasteiger partial charge is 0.328 e. The summed E-state index contributed by atoms with van der Waals surface area (Å²) < 4.78 is 1.44. The van der Waals surface area contributed by atoms with Crippen LogP contribution in [0.25, 0.3) is 10.9 Å². The molecule has 1 aliphatic heterocycles. The van der Waals surface area contributed by atoms with Crippen molar-refractivity contribution in [2.45, 2.75) is 25.8 Å². The number of hydrogen-bond acceptors (Lipinski definition) is 3. The maximum Gasteiger partial charge on any atom is 0.260 e. The lowest BCUT2D eigenvalue weighted by molar-refractivity contribution is 0.0744. The minimum Gasteiger partial charge on any atom is -0.328 e. The van der Waals surface area contributed by atoms with Crippen LogP contribution in [0.4, 0.5) is 0 Å². The second-order valence-corrected chi connectivity index (χ2v) is 5.63. The predicted octanol–water partition coefficient (Wildman–Crippen LogP) is 2.11. The minimum atomic E-state index is -0.101. The van der Waals surface area contributed by atoms with Gasteiger partial charge < -0.3 is 9.47 Å². The van der Waals surface area contributed by atoms with Gasteiger partial charge in [-0.05, 0) is 24.6 Å². The Hall–Kier alpha value is -2.43. The fourth-order valence-electron chi connectivity index (χ4n) is 2.86. The van der Waals surface area contributed by atoms with Crippen molar-refractivity contribution in [1.29, 1.82) is 0 Å². The van der Waals surface area contributed by atoms with E-state index in [-0.39, 0.29) is 17.5 Å². The Balaban J connectivity index is 1.95. The van der Waals surface area contributed by atoms with Crippen LogP contribution in [0, 0.1) is 0 Å². The van der Waals surface area contributed by atoms with Crippen molar-refractivity contribution in [1.82, 2.24) is 14.5 Å². The van der Waals surface area contributed by atoms with Gasteiger partial charge in [-0.15, -0.1) is 0 Å². The second-order valence-electron chi connectivity index (χ2n) is 5.63. The zero-order valence-corrected chi connectivity index (χ0v) is 12.8. The molecule has 0 unspecified atom stereocenters. The first-order chi connectivity index (χ1) is 10.6. The van der Waals surface area contributed by atoms with Crippen LogP contribution < -0.4 is 5.56 Å². The molecule has 5 nitrogen and oxygen atoms in total. The SMILES string of the molecule is CCC[C@H]1C=CCN1C(=O)c1ccc2c(=O)n(C)cnc2c1. The Morgan fingerprint density at radius 2 is 2.23 bits per heavy atom. The molecule has 0 radical (unpaired) electrons. The molecular weight excluding hydrogens is 278 g/mol. The maximum absolute atomic E-state index is 12.7. The standard InChI is InChI=1S/C17H19N3O2/c1-3-5-13-6-4-9-20(13)16(21)12-7-8-14-15(10-12)18-11-19(2)17(14)22/h4,6-8,10-11,13H,3,5,9H2,1-2H3/t13-/m0/s1. The molecule has 3 rings (SSSR count). The van der Waals surface area contributed by atoms with E-state index in [2.05, 4.69) is 18.0 Å². The van der Waals surface area contributed by atoms with E-state index in [1.54, 1.807) is 25.2 Å². The number of carbonyl (C=O) groups is 1. The molecule has 1 amide bonds. The van der Waals surface area contributed by atoms with Gasteiger partial charge in [0.2, 0.25) is 0 Å². The summed E-state index contributed by atoms with van der Waals surface area (Å²) in [5, 5.41) is 0.534. The van der Waals surface area contributed by atoms with Crippen LogP contribution in [-0.2, 0) is 7.05 Å². The smallest absolute Gasteiger partial charge is 0.260 e. The highest BCUT2D eigenvalue weighted by atomic mass is 16.2. The molecule has 0 fully saturated rings. The zero-order valence-electron chi connectivity index (χ0n) is 12.8. The summed E-state index contributed by atoms with van der Waals surface area (Å²) >= 11 is 0. The van der Waals surface area contributed by atoms with E-state index < -0.39 is 0 Å². The van der Waals surface area contributed by atoms with Crippen molar-refractivity contribution in [3.05, 3.63) is 52.6 Å². The molecule has 114 valence electrons. The lowest BCUT2D eigenvalue weighted by Crippen LogP contribution is -2.36. The molecule has 1 aliphatic rings. The van der Waals surface area contributed by atoms with Gasteiger partial charge in [0.25, 0.3) is 11.5 Å². The van der Waals surface area contributed by atoms with Crippen LogP contribution in [0.15, 0.2) is 41.5 Å². The molecule has 1 aromatic heterocycles. The number of carbonyl (C=O) groups excluding carboxylic acids is 1. The normalized spacial score (nSPS) is 17.4. The zero-order chi connectivity index (χ0) is 15.7. The fraction of sp³-hybridized carbons (Fsp3) is 0.353. The van der Waals surface area contributed by atoms with Gasteiger partial charge >= 0.3 is 0 Å². The Morgan fingerprint density at radius 3 is 3.00 bits per heavy atom. The molecule has 5 heteroatoms. The number of benzene rings is 1. The summed E-state index contributed by atoms with van der Waals surface area (Å²) in [5.74, 6) is -0.00664. The number of hydrogen-bond donors (Lipinski definition) is 0. The minimum absolute atomic E-state index is 0.00664. The van der Waals surface area contributed by atoms with Crippen LogP contribution >= 0.6 is 0 Å². The van der Waals surface area contributed by atoms with Gasteiger partial charge in [-0.25, -0.2) is 4.98 Å². The second kappa shape index (κ2) is 5.75. The van der Waals surface area contributed by atoms with E-state index in [1.807, 2.05) is 11.0 Å². The third-order valence-electron chi connectivity index (χ3n) is 4.07. The molecule has 0 aliphatic carbocycles. The molecule has 0 spiro atoms. The van der Waals surface area contributed by atoms with Crippen LogP contribution in [0.1, 0.15) is 30.1 Å². The number of nitrogens with zero attached hydrogens (tertiary/aromatic N) is 3. The molecular formula is C17H19N3O2. The lowest BCUT2D eigenvalue weighted by Gasteiger charge is -2.24. The van der Waals surface area contributed by atoms with Crippen molar-refractivity contribution in [2.24, 2.45) is 7.05 Å². The molecule has 1 atom stereocenters. The molecule has 0 saturated carbocycles. The Bertz CT molecular complexity index is 807. The number of amides is 1.